The standard InChI is InChI=1S/C28H25FN4O3S/c1-16-6-4-7-17(2)26(16)33-27(35)24-18(3)31-28(21(14-30)25(24)22-8-5-13-36-22)37-15-23(34)32-20-11-9-19(29)10-12-20/h4-13,25,31H,15H2,1-3H3,(H,32,34)(H,33,35)/t25-/m0/s1. The number of anilines is 2. The van der Waals surface area contributed by atoms with Crippen molar-refractivity contribution in [3.05, 3.63) is 105 Å². The molecular formula is C28H25FN4O3S. The average molecular weight is 517 g/mol. The van der Waals surface area contributed by atoms with Crippen LogP contribution in [0.2, 0.25) is 0 Å². The van der Waals surface area contributed by atoms with E-state index in [0.29, 0.717) is 33.4 Å². The van der Waals surface area contributed by atoms with E-state index in [9.17, 15) is 19.2 Å². The molecule has 0 saturated carbocycles. The van der Waals surface area contributed by atoms with Crippen LogP contribution in [0.4, 0.5) is 15.8 Å². The van der Waals surface area contributed by atoms with Crippen molar-refractivity contribution in [3.8, 4) is 6.07 Å². The lowest BCUT2D eigenvalue weighted by Crippen LogP contribution is -2.31. The summed E-state index contributed by atoms with van der Waals surface area (Å²) in [5.74, 6) is -1.39. The molecule has 0 fully saturated rings. The Hall–Kier alpha value is -4.29. The van der Waals surface area contributed by atoms with Crippen LogP contribution >= 0.6 is 11.8 Å². The van der Waals surface area contributed by atoms with Gasteiger partial charge in [0.2, 0.25) is 5.91 Å². The van der Waals surface area contributed by atoms with Gasteiger partial charge in [-0.2, -0.15) is 5.26 Å². The van der Waals surface area contributed by atoms with E-state index >= 15 is 0 Å². The Morgan fingerprint density at radius 2 is 1.76 bits per heavy atom. The molecule has 0 saturated heterocycles. The number of rotatable bonds is 7. The van der Waals surface area contributed by atoms with Crippen LogP contribution in [0, 0.1) is 31.0 Å². The summed E-state index contributed by atoms with van der Waals surface area (Å²) in [7, 11) is 0. The SMILES string of the molecule is CC1=C(C(=O)Nc2c(C)cccc2C)[C@H](c2ccco2)C(C#N)=C(SCC(=O)Nc2ccc(F)cc2)N1. The van der Waals surface area contributed by atoms with E-state index in [4.69, 9.17) is 4.42 Å². The minimum absolute atomic E-state index is 0.00697. The summed E-state index contributed by atoms with van der Waals surface area (Å²) < 4.78 is 18.8. The molecule has 2 amide bonds. The summed E-state index contributed by atoms with van der Waals surface area (Å²) in [5.41, 5.74) is 4.19. The van der Waals surface area contributed by atoms with Crippen molar-refractivity contribution in [2.75, 3.05) is 16.4 Å². The number of dihydropyridines is 1. The number of carbonyl (C=O) groups is 2. The minimum Gasteiger partial charge on any atom is -0.468 e. The van der Waals surface area contributed by atoms with Crippen LogP contribution in [0.1, 0.15) is 29.7 Å². The molecule has 188 valence electrons. The fraction of sp³-hybridized carbons (Fsp3) is 0.179. The van der Waals surface area contributed by atoms with Crippen LogP contribution in [0.15, 0.2) is 87.1 Å². The van der Waals surface area contributed by atoms with Gasteiger partial charge in [0.05, 0.1) is 40.2 Å². The molecule has 0 unspecified atom stereocenters. The molecule has 3 N–H and O–H groups in total. The second-order valence-corrected chi connectivity index (χ2v) is 9.52. The van der Waals surface area contributed by atoms with E-state index in [0.717, 1.165) is 22.9 Å². The first-order valence-electron chi connectivity index (χ1n) is 11.5. The topological polar surface area (TPSA) is 107 Å². The van der Waals surface area contributed by atoms with Crippen LogP contribution in [-0.4, -0.2) is 17.6 Å². The summed E-state index contributed by atoms with van der Waals surface area (Å²) >= 11 is 1.14. The summed E-state index contributed by atoms with van der Waals surface area (Å²) in [6.45, 7) is 5.58. The number of nitriles is 1. The highest BCUT2D eigenvalue weighted by molar-refractivity contribution is 8.03. The lowest BCUT2D eigenvalue weighted by Gasteiger charge is -2.28. The first kappa shape index (κ1) is 25.8. The largest absolute Gasteiger partial charge is 0.468 e. The predicted molar refractivity (Wildman–Crippen MR) is 142 cm³/mol. The number of benzene rings is 2. The smallest absolute Gasteiger partial charge is 0.254 e. The number of amides is 2. The molecule has 0 aliphatic carbocycles. The highest BCUT2D eigenvalue weighted by Gasteiger charge is 2.36. The second-order valence-electron chi connectivity index (χ2n) is 8.53. The monoisotopic (exact) mass is 516 g/mol. The number of nitrogens with zero attached hydrogens (tertiary/aromatic N) is 1. The van der Waals surface area contributed by atoms with Gasteiger partial charge in [0.1, 0.15) is 11.6 Å². The summed E-state index contributed by atoms with van der Waals surface area (Å²) in [4.78, 5) is 26.1. The van der Waals surface area contributed by atoms with Crippen LogP contribution < -0.4 is 16.0 Å². The molecule has 1 aliphatic heterocycles. The number of carbonyl (C=O) groups excluding carboxylic acids is 2. The lowest BCUT2D eigenvalue weighted by atomic mass is 9.85. The molecule has 3 aromatic rings. The molecule has 1 aromatic heterocycles. The number of hydrogen-bond donors (Lipinski definition) is 3. The Kier molecular flexibility index (Phi) is 7.80. The molecule has 4 rings (SSSR count). The number of thioether (sulfide) groups is 1. The Bertz CT molecular complexity index is 1420. The van der Waals surface area contributed by atoms with E-state index in [1.807, 2.05) is 32.0 Å². The number of hydrogen-bond acceptors (Lipinski definition) is 6. The maximum atomic E-state index is 13.6. The molecule has 37 heavy (non-hydrogen) atoms. The molecule has 0 spiro atoms. The van der Waals surface area contributed by atoms with Crippen LogP contribution in [-0.2, 0) is 9.59 Å². The summed E-state index contributed by atoms with van der Waals surface area (Å²) in [5, 5.41) is 19.4. The summed E-state index contributed by atoms with van der Waals surface area (Å²) in [6.07, 6.45) is 1.49. The van der Waals surface area contributed by atoms with Crippen LogP contribution in [0.3, 0.4) is 0 Å². The molecule has 2 heterocycles. The van der Waals surface area contributed by atoms with Gasteiger partial charge in [0.15, 0.2) is 0 Å². The van der Waals surface area contributed by atoms with Crippen LogP contribution in [0.25, 0.3) is 0 Å². The molecule has 2 aromatic carbocycles. The van der Waals surface area contributed by atoms with Crippen molar-refractivity contribution in [2.24, 2.45) is 0 Å². The van der Waals surface area contributed by atoms with E-state index in [1.54, 1.807) is 19.1 Å². The third-order valence-corrected chi connectivity index (χ3v) is 6.93. The number of aryl methyl sites for hydroxylation is 2. The van der Waals surface area contributed by atoms with Gasteiger partial charge in [-0.3, -0.25) is 9.59 Å². The Balaban J connectivity index is 1.60. The third-order valence-electron chi connectivity index (χ3n) is 5.92. The number of nitrogens with one attached hydrogen (secondary N) is 3. The molecule has 0 bridgehead atoms. The predicted octanol–water partition coefficient (Wildman–Crippen LogP) is 5.74. The van der Waals surface area contributed by atoms with Crippen molar-refractivity contribution < 1.29 is 18.4 Å². The summed E-state index contributed by atoms with van der Waals surface area (Å²) in [6, 6.07) is 16.8. The maximum Gasteiger partial charge on any atom is 0.254 e. The second kappa shape index (κ2) is 11.2. The average Bonchev–Trinajstić information content (AvgIpc) is 3.40. The number of para-hydroxylation sites is 1. The minimum atomic E-state index is -0.756. The fourth-order valence-electron chi connectivity index (χ4n) is 4.13. The zero-order chi connectivity index (χ0) is 26.5. The lowest BCUT2D eigenvalue weighted by molar-refractivity contribution is -0.114. The Morgan fingerprint density at radius 1 is 1.05 bits per heavy atom. The van der Waals surface area contributed by atoms with Crippen molar-refractivity contribution >= 4 is 35.0 Å². The Labute approximate surface area is 218 Å². The van der Waals surface area contributed by atoms with Gasteiger partial charge in [-0.15, -0.1) is 0 Å². The number of allylic oxidation sites excluding steroid dienone is 2. The molecule has 1 atom stereocenters. The van der Waals surface area contributed by atoms with E-state index in [-0.39, 0.29) is 23.1 Å². The quantitative estimate of drug-likeness (QED) is 0.370. The molecule has 9 heteroatoms. The third kappa shape index (κ3) is 5.76. The van der Waals surface area contributed by atoms with Gasteiger partial charge in [-0.05, 0) is 68.3 Å². The number of halogens is 1. The van der Waals surface area contributed by atoms with Gasteiger partial charge >= 0.3 is 0 Å². The zero-order valence-electron chi connectivity index (χ0n) is 20.5. The molecular weight excluding hydrogens is 491 g/mol. The van der Waals surface area contributed by atoms with Gasteiger partial charge in [0.25, 0.3) is 5.91 Å². The highest BCUT2D eigenvalue weighted by atomic mass is 32.2. The fourth-order valence-corrected chi connectivity index (χ4v) is 5.02. The van der Waals surface area contributed by atoms with E-state index in [2.05, 4.69) is 22.0 Å². The first-order chi connectivity index (χ1) is 17.8. The molecule has 0 radical (unpaired) electrons. The normalized spacial score (nSPS) is 15.2. The maximum absolute atomic E-state index is 13.6. The van der Waals surface area contributed by atoms with Crippen molar-refractivity contribution in [1.29, 1.82) is 5.26 Å². The van der Waals surface area contributed by atoms with Crippen molar-refractivity contribution in [3.63, 3.8) is 0 Å². The van der Waals surface area contributed by atoms with Gasteiger partial charge < -0.3 is 20.4 Å². The molecule has 1 aliphatic rings. The van der Waals surface area contributed by atoms with E-state index in [1.165, 1.54) is 30.5 Å². The Morgan fingerprint density at radius 3 is 2.38 bits per heavy atom. The van der Waals surface area contributed by atoms with Crippen LogP contribution in [0.5, 0.6) is 0 Å². The van der Waals surface area contributed by atoms with Crippen molar-refractivity contribution in [1.82, 2.24) is 5.32 Å². The number of furan rings is 1. The van der Waals surface area contributed by atoms with Crippen molar-refractivity contribution in [2.45, 2.75) is 26.7 Å². The zero-order valence-corrected chi connectivity index (χ0v) is 21.3. The first-order valence-corrected chi connectivity index (χ1v) is 12.5. The molecule has 7 nitrogen and oxygen atoms in total. The van der Waals surface area contributed by atoms with Gasteiger partial charge in [-0.1, -0.05) is 30.0 Å². The highest BCUT2D eigenvalue weighted by Crippen LogP contribution is 2.41. The van der Waals surface area contributed by atoms with Gasteiger partial charge in [-0.25, -0.2) is 4.39 Å². The van der Waals surface area contributed by atoms with Gasteiger partial charge in [0, 0.05) is 17.1 Å². The van der Waals surface area contributed by atoms with E-state index < -0.39 is 11.7 Å².